The Bertz CT molecular complexity index is 1570. The number of carbonyl (C=O) groups excluding carboxylic acids is 3. The van der Waals surface area contributed by atoms with E-state index in [4.69, 9.17) is 13.9 Å². The van der Waals surface area contributed by atoms with Gasteiger partial charge in [0.25, 0.3) is 5.91 Å². The van der Waals surface area contributed by atoms with E-state index < -0.39 is 29.5 Å². The molecule has 1 unspecified atom stereocenters. The van der Waals surface area contributed by atoms with Crippen molar-refractivity contribution in [3.63, 3.8) is 0 Å². The Kier molecular flexibility index (Phi) is 6.31. The molecule has 3 aromatic carbocycles. The van der Waals surface area contributed by atoms with Gasteiger partial charge in [-0.05, 0) is 66.2 Å². The van der Waals surface area contributed by atoms with Crippen molar-refractivity contribution in [2.45, 2.75) is 6.04 Å². The van der Waals surface area contributed by atoms with Crippen LogP contribution in [-0.2, 0) is 9.53 Å². The molecule has 0 bridgehead atoms. The number of hydrogen-bond acceptors (Lipinski definition) is 7. The predicted molar refractivity (Wildman–Crippen MR) is 139 cm³/mol. The van der Waals surface area contributed by atoms with Crippen LogP contribution in [0.5, 0.6) is 5.75 Å². The fourth-order valence-corrected chi connectivity index (χ4v) is 4.72. The number of anilines is 1. The van der Waals surface area contributed by atoms with Crippen LogP contribution in [0.15, 0.2) is 93.0 Å². The van der Waals surface area contributed by atoms with E-state index in [1.165, 1.54) is 31.3 Å². The lowest BCUT2D eigenvalue weighted by Crippen LogP contribution is -2.31. The summed E-state index contributed by atoms with van der Waals surface area (Å²) in [6.07, 6.45) is 0. The molecule has 1 atom stereocenters. The molecule has 1 N–H and O–H groups in total. The highest BCUT2D eigenvalue weighted by atomic mass is 79.9. The van der Waals surface area contributed by atoms with E-state index >= 15 is 0 Å². The molecule has 5 rings (SSSR count). The molecular formula is C28H20BrNO7. The minimum Gasteiger partial charge on any atom is -0.503 e. The summed E-state index contributed by atoms with van der Waals surface area (Å²) < 4.78 is 16.6. The van der Waals surface area contributed by atoms with Gasteiger partial charge in [0.2, 0.25) is 5.78 Å². The normalized spacial score (nSPS) is 15.4. The van der Waals surface area contributed by atoms with Gasteiger partial charge in [0.05, 0.1) is 31.4 Å². The zero-order valence-corrected chi connectivity index (χ0v) is 21.3. The molecular weight excluding hydrogens is 542 g/mol. The molecule has 8 nitrogen and oxygen atoms in total. The first-order valence-corrected chi connectivity index (χ1v) is 11.9. The van der Waals surface area contributed by atoms with E-state index in [9.17, 15) is 19.5 Å². The van der Waals surface area contributed by atoms with Gasteiger partial charge < -0.3 is 19.0 Å². The maximum Gasteiger partial charge on any atom is 0.337 e. The molecule has 186 valence electrons. The second-order valence-corrected chi connectivity index (χ2v) is 9.19. The summed E-state index contributed by atoms with van der Waals surface area (Å²) in [4.78, 5) is 40.3. The SMILES string of the molecule is COC(=O)c1ccc(N2C(=O)C(O)=C(C(=O)c3cc4cc(Br)ccc4o3)C2c2ccc(OC)cc2)cc1. The fourth-order valence-electron chi connectivity index (χ4n) is 4.34. The van der Waals surface area contributed by atoms with Gasteiger partial charge in [-0.2, -0.15) is 0 Å². The van der Waals surface area contributed by atoms with E-state index in [2.05, 4.69) is 15.9 Å². The van der Waals surface area contributed by atoms with Gasteiger partial charge in [-0.3, -0.25) is 14.5 Å². The van der Waals surface area contributed by atoms with Gasteiger partial charge in [0, 0.05) is 15.5 Å². The van der Waals surface area contributed by atoms with E-state index in [0.717, 1.165) is 4.47 Å². The number of benzene rings is 3. The number of fused-ring (bicyclic) bond motifs is 1. The second-order valence-electron chi connectivity index (χ2n) is 8.27. The number of methoxy groups -OCH3 is 2. The molecule has 0 saturated heterocycles. The Hall–Kier alpha value is -4.37. The van der Waals surface area contributed by atoms with Crippen LogP contribution in [0.2, 0.25) is 0 Å². The first-order valence-electron chi connectivity index (χ1n) is 11.1. The lowest BCUT2D eigenvalue weighted by molar-refractivity contribution is -0.117. The summed E-state index contributed by atoms with van der Waals surface area (Å²) in [6.45, 7) is 0. The number of aliphatic hydroxyl groups excluding tert-OH is 1. The molecule has 0 saturated carbocycles. The zero-order chi connectivity index (χ0) is 26.3. The van der Waals surface area contributed by atoms with Gasteiger partial charge in [-0.15, -0.1) is 0 Å². The number of hydrogen-bond donors (Lipinski definition) is 1. The highest BCUT2D eigenvalue weighted by Crippen LogP contribution is 2.42. The number of furan rings is 1. The van der Waals surface area contributed by atoms with Crippen LogP contribution in [0.4, 0.5) is 5.69 Å². The quantitative estimate of drug-likeness (QED) is 0.235. The van der Waals surface area contributed by atoms with Crippen LogP contribution in [0.1, 0.15) is 32.5 Å². The number of amides is 1. The summed E-state index contributed by atoms with van der Waals surface area (Å²) in [5.74, 6) is -2.00. The van der Waals surface area contributed by atoms with Gasteiger partial charge in [0.15, 0.2) is 11.5 Å². The first-order chi connectivity index (χ1) is 17.8. The minimum atomic E-state index is -0.963. The Labute approximate surface area is 219 Å². The Morgan fingerprint density at radius 2 is 1.68 bits per heavy atom. The van der Waals surface area contributed by atoms with Crippen molar-refractivity contribution in [2.75, 3.05) is 19.1 Å². The average Bonchev–Trinajstić information content (AvgIpc) is 3.46. The van der Waals surface area contributed by atoms with Gasteiger partial charge in [0.1, 0.15) is 11.3 Å². The number of ether oxygens (including phenoxy) is 2. The molecule has 1 amide bonds. The number of aliphatic hydroxyl groups is 1. The van der Waals surface area contributed by atoms with Crippen molar-refractivity contribution in [1.29, 1.82) is 0 Å². The van der Waals surface area contributed by atoms with Crippen molar-refractivity contribution in [3.8, 4) is 5.75 Å². The van der Waals surface area contributed by atoms with Gasteiger partial charge in [-0.25, -0.2) is 4.79 Å². The highest BCUT2D eigenvalue weighted by Gasteiger charge is 2.45. The van der Waals surface area contributed by atoms with Crippen LogP contribution in [0, 0.1) is 0 Å². The molecule has 1 aliphatic rings. The summed E-state index contributed by atoms with van der Waals surface area (Å²) >= 11 is 3.40. The first kappa shape index (κ1) is 24.3. The summed E-state index contributed by atoms with van der Waals surface area (Å²) in [5.41, 5.74) is 1.61. The van der Waals surface area contributed by atoms with E-state index in [-0.39, 0.29) is 11.3 Å². The van der Waals surface area contributed by atoms with E-state index in [1.54, 1.807) is 60.7 Å². The monoisotopic (exact) mass is 561 g/mol. The lowest BCUT2D eigenvalue weighted by atomic mass is 9.94. The smallest absolute Gasteiger partial charge is 0.337 e. The average molecular weight is 562 g/mol. The topological polar surface area (TPSA) is 106 Å². The summed E-state index contributed by atoms with van der Waals surface area (Å²) in [6, 6.07) is 18.9. The standard InChI is InChI=1S/C28H20BrNO7/c1-35-20-10-5-15(6-11-20)24-23(25(31)22-14-17-13-18(29)7-12-21(17)37-22)26(32)27(33)30(24)19-8-3-16(4-9-19)28(34)36-2/h3-14,24,32H,1-2H3. The second kappa shape index (κ2) is 9.59. The lowest BCUT2D eigenvalue weighted by Gasteiger charge is -2.27. The van der Waals surface area contributed by atoms with Crippen molar-refractivity contribution in [1.82, 2.24) is 0 Å². The van der Waals surface area contributed by atoms with Crippen molar-refractivity contribution >= 4 is 50.2 Å². The van der Waals surface area contributed by atoms with Crippen LogP contribution >= 0.6 is 15.9 Å². The Morgan fingerprint density at radius 3 is 2.32 bits per heavy atom. The summed E-state index contributed by atoms with van der Waals surface area (Å²) in [5, 5.41) is 11.7. The van der Waals surface area contributed by atoms with Crippen molar-refractivity contribution in [2.24, 2.45) is 0 Å². The number of esters is 1. The molecule has 0 radical (unpaired) electrons. The predicted octanol–water partition coefficient (Wildman–Crippen LogP) is 5.77. The van der Waals surface area contributed by atoms with Crippen LogP contribution in [-0.4, -0.2) is 37.0 Å². The largest absolute Gasteiger partial charge is 0.503 e. The molecule has 9 heteroatoms. The third kappa shape index (κ3) is 4.27. The number of ketones is 1. The highest BCUT2D eigenvalue weighted by molar-refractivity contribution is 9.10. The number of rotatable bonds is 6. The minimum absolute atomic E-state index is 0.0103. The molecule has 2 heterocycles. The van der Waals surface area contributed by atoms with Gasteiger partial charge in [-0.1, -0.05) is 28.1 Å². The van der Waals surface area contributed by atoms with Crippen molar-refractivity contribution < 1.29 is 33.4 Å². The molecule has 4 aromatic rings. The Morgan fingerprint density at radius 1 is 0.973 bits per heavy atom. The third-order valence-corrected chi connectivity index (χ3v) is 6.65. The van der Waals surface area contributed by atoms with Crippen LogP contribution in [0.3, 0.4) is 0 Å². The van der Waals surface area contributed by atoms with Gasteiger partial charge >= 0.3 is 5.97 Å². The van der Waals surface area contributed by atoms with E-state index in [0.29, 0.717) is 33.5 Å². The molecule has 0 aliphatic carbocycles. The van der Waals surface area contributed by atoms with Crippen LogP contribution < -0.4 is 9.64 Å². The fraction of sp³-hybridized carbons (Fsp3) is 0.107. The maximum atomic E-state index is 13.7. The number of halogens is 1. The molecule has 1 aromatic heterocycles. The molecule has 1 aliphatic heterocycles. The molecule has 0 spiro atoms. The third-order valence-electron chi connectivity index (χ3n) is 6.15. The Balaban J connectivity index is 1.62. The van der Waals surface area contributed by atoms with Crippen molar-refractivity contribution in [3.05, 3.63) is 105 Å². The number of carbonyl (C=O) groups is 3. The van der Waals surface area contributed by atoms with E-state index in [1.807, 2.05) is 0 Å². The number of Topliss-reactive ketones (excluding diaryl/α,β-unsaturated/α-hetero) is 1. The number of nitrogens with zero attached hydrogens (tertiary/aromatic N) is 1. The molecule has 37 heavy (non-hydrogen) atoms. The molecule has 0 fully saturated rings. The zero-order valence-electron chi connectivity index (χ0n) is 19.7. The maximum absolute atomic E-state index is 13.7. The van der Waals surface area contributed by atoms with Crippen LogP contribution in [0.25, 0.3) is 11.0 Å². The summed E-state index contributed by atoms with van der Waals surface area (Å²) in [7, 11) is 2.81.